The standard InChI is InChI=1S/C23H20ClFN6O2/c1-12-10-26-7-8-31(12)20-19(21(32)22(20)33)29-13-5-6-16-14(9-13)23(28-11-27-16)30-17-4-2-3-15(24)18(17)25/h2-6,9,11-12,26,29H,7-8,10H2,1H3,(H,27,28,30). The summed E-state index contributed by atoms with van der Waals surface area (Å²) in [6.07, 6.45) is 1.38. The van der Waals surface area contributed by atoms with Gasteiger partial charge in [-0.15, -0.1) is 0 Å². The summed E-state index contributed by atoms with van der Waals surface area (Å²) in [5.41, 5.74) is 1.06. The lowest BCUT2D eigenvalue weighted by molar-refractivity contribution is 0.499. The Morgan fingerprint density at radius 2 is 2.00 bits per heavy atom. The van der Waals surface area contributed by atoms with E-state index in [9.17, 15) is 14.0 Å². The van der Waals surface area contributed by atoms with Crippen LogP contribution in [-0.4, -0.2) is 35.6 Å². The van der Waals surface area contributed by atoms with Crippen molar-refractivity contribution in [2.75, 3.05) is 35.2 Å². The van der Waals surface area contributed by atoms with E-state index in [-0.39, 0.29) is 22.4 Å². The Bertz CT molecular complexity index is 1430. The summed E-state index contributed by atoms with van der Waals surface area (Å²) in [4.78, 5) is 35.2. The summed E-state index contributed by atoms with van der Waals surface area (Å²) in [7, 11) is 0. The van der Waals surface area contributed by atoms with E-state index in [2.05, 4.69) is 25.9 Å². The van der Waals surface area contributed by atoms with Crippen molar-refractivity contribution in [3.05, 3.63) is 74.0 Å². The molecule has 33 heavy (non-hydrogen) atoms. The molecule has 8 nitrogen and oxygen atoms in total. The Morgan fingerprint density at radius 1 is 1.15 bits per heavy atom. The molecule has 0 radical (unpaired) electrons. The summed E-state index contributed by atoms with van der Waals surface area (Å²) in [6.45, 7) is 4.13. The van der Waals surface area contributed by atoms with Crippen LogP contribution in [0.25, 0.3) is 10.9 Å². The van der Waals surface area contributed by atoms with Gasteiger partial charge in [0.1, 0.15) is 23.5 Å². The van der Waals surface area contributed by atoms with Crippen molar-refractivity contribution in [1.82, 2.24) is 15.3 Å². The Labute approximate surface area is 193 Å². The molecule has 0 saturated carbocycles. The highest BCUT2D eigenvalue weighted by atomic mass is 35.5. The van der Waals surface area contributed by atoms with Gasteiger partial charge in [-0.3, -0.25) is 9.59 Å². The van der Waals surface area contributed by atoms with Crippen molar-refractivity contribution in [3.63, 3.8) is 0 Å². The first-order valence-electron chi connectivity index (χ1n) is 10.5. The zero-order valence-electron chi connectivity index (χ0n) is 17.7. The minimum absolute atomic E-state index is 0.00418. The lowest BCUT2D eigenvalue weighted by Crippen LogP contribution is -2.54. The monoisotopic (exact) mass is 466 g/mol. The summed E-state index contributed by atoms with van der Waals surface area (Å²) in [5, 5.41) is 9.94. The number of piperazine rings is 1. The summed E-state index contributed by atoms with van der Waals surface area (Å²) in [6, 6.07) is 10.0. The predicted molar refractivity (Wildman–Crippen MR) is 129 cm³/mol. The van der Waals surface area contributed by atoms with E-state index in [0.717, 1.165) is 13.1 Å². The van der Waals surface area contributed by atoms with Crippen molar-refractivity contribution in [2.45, 2.75) is 13.0 Å². The van der Waals surface area contributed by atoms with Crippen molar-refractivity contribution in [1.29, 1.82) is 0 Å². The number of fused-ring (bicyclic) bond motifs is 1. The minimum atomic E-state index is -0.585. The van der Waals surface area contributed by atoms with Gasteiger partial charge in [0.15, 0.2) is 5.82 Å². The Hall–Kier alpha value is -3.56. The summed E-state index contributed by atoms with van der Waals surface area (Å²) >= 11 is 5.89. The maximum Gasteiger partial charge on any atom is 0.253 e. The van der Waals surface area contributed by atoms with Crippen molar-refractivity contribution < 1.29 is 4.39 Å². The normalized spacial score (nSPS) is 16.3. The molecule has 1 atom stereocenters. The number of nitrogens with zero attached hydrogens (tertiary/aromatic N) is 3. The fraction of sp³-hybridized carbons (Fsp3) is 0.217. The molecule has 0 amide bonds. The van der Waals surface area contributed by atoms with Crippen LogP contribution in [0.1, 0.15) is 6.92 Å². The van der Waals surface area contributed by atoms with Crippen molar-refractivity contribution in [2.24, 2.45) is 0 Å². The Morgan fingerprint density at radius 3 is 2.82 bits per heavy atom. The van der Waals surface area contributed by atoms with E-state index in [4.69, 9.17) is 11.6 Å². The molecule has 0 bridgehead atoms. The fourth-order valence-corrected chi connectivity index (χ4v) is 4.22. The lowest BCUT2D eigenvalue weighted by Gasteiger charge is -2.37. The van der Waals surface area contributed by atoms with Crippen LogP contribution in [0.4, 0.5) is 33.0 Å². The molecule has 168 valence electrons. The third kappa shape index (κ3) is 3.79. The first-order chi connectivity index (χ1) is 15.9. The molecule has 0 aliphatic carbocycles. The van der Waals surface area contributed by atoms with Gasteiger partial charge in [-0.05, 0) is 37.3 Å². The first-order valence-corrected chi connectivity index (χ1v) is 10.9. The van der Waals surface area contributed by atoms with E-state index in [1.807, 2.05) is 11.8 Å². The molecule has 5 rings (SSSR count). The molecule has 1 fully saturated rings. The number of hydrogen-bond donors (Lipinski definition) is 3. The maximum atomic E-state index is 14.4. The molecule has 2 heterocycles. The van der Waals surface area contributed by atoms with Gasteiger partial charge >= 0.3 is 0 Å². The van der Waals surface area contributed by atoms with E-state index in [1.54, 1.807) is 30.3 Å². The van der Waals surface area contributed by atoms with E-state index >= 15 is 0 Å². The van der Waals surface area contributed by atoms with Crippen LogP contribution in [0.5, 0.6) is 0 Å². The molecular weight excluding hydrogens is 447 g/mol. The predicted octanol–water partition coefficient (Wildman–Crippen LogP) is 3.30. The van der Waals surface area contributed by atoms with Crippen LogP contribution in [0.2, 0.25) is 5.02 Å². The van der Waals surface area contributed by atoms with Gasteiger partial charge in [0.25, 0.3) is 10.9 Å². The second kappa shape index (κ2) is 8.42. The molecule has 1 aliphatic heterocycles. The summed E-state index contributed by atoms with van der Waals surface area (Å²) in [5.74, 6) is -0.204. The average molecular weight is 467 g/mol. The second-order valence-corrected chi connectivity index (χ2v) is 8.34. The number of anilines is 5. The van der Waals surface area contributed by atoms with E-state index in [0.29, 0.717) is 34.6 Å². The molecule has 4 aromatic rings. The largest absolute Gasteiger partial charge is 0.361 e. The highest BCUT2D eigenvalue weighted by Gasteiger charge is 2.30. The molecule has 1 saturated heterocycles. The molecule has 3 aromatic carbocycles. The van der Waals surface area contributed by atoms with Gasteiger partial charge in [0, 0.05) is 36.7 Å². The van der Waals surface area contributed by atoms with Crippen LogP contribution >= 0.6 is 11.6 Å². The van der Waals surface area contributed by atoms with Gasteiger partial charge in [0.2, 0.25) is 0 Å². The SMILES string of the molecule is CC1CNCCN1c1c(Nc2ccc3ncnc(Nc4cccc(Cl)c4F)c3c2)c(=O)c1=O. The quantitative estimate of drug-likeness (QED) is 0.385. The van der Waals surface area contributed by atoms with Crippen LogP contribution in [-0.2, 0) is 0 Å². The molecule has 10 heteroatoms. The second-order valence-electron chi connectivity index (χ2n) is 7.93. The smallest absolute Gasteiger partial charge is 0.253 e. The highest BCUT2D eigenvalue weighted by molar-refractivity contribution is 6.31. The van der Waals surface area contributed by atoms with Gasteiger partial charge in [0.05, 0.1) is 16.2 Å². The molecule has 0 spiro atoms. The van der Waals surface area contributed by atoms with Crippen molar-refractivity contribution >= 4 is 51.1 Å². The maximum absolute atomic E-state index is 14.4. The van der Waals surface area contributed by atoms with Gasteiger partial charge < -0.3 is 20.9 Å². The third-order valence-corrected chi connectivity index (χ3v) is 6.07. The molecular formula is C23H20ClFN6O2. The topological polar surface area (TPSA) is 99.2 Å². The minimum Gasteiger partial charge on any atom is -0.361 e. The van der Waals surface area contributed by atoms with Crippen molar-refractivity contribution in [3.8, 4) is 0 Å². The number of nitrogens with one attached hydrogen (secondary N) is 3. The summed E-state index contributed by atoms with van der Waals surface area (Å²) < 4.78 is 14.4. The Kier molecular flexibility index (Phi) is 5.43. The van der Waals surface area contributed by atoms with E-state index in [1.165, 1.54) is 12.4 Å². The third-order valence-electron chi connectivity index (χ3n) is 5.78. The fourth-order valence-electron chi connectivity index (χ4n) is 4.05. The average Bonchev–Trinajstić information content (AvgIpc) is 2.83. The van der Waals surface area contributed by atoms with Gasteiger partial charge in [-0.1, -0.05) is 17.7 Å². The molecule has 1 aliphatic rings. The van der Waals surface area contributed by atoms with E-state index < -0.39 is 16.7 Å². The van der Waals surface area contributed by atoms with Crippen LogP contribution in [0.3, 0.4) is 0 Å². The number of benzene rings is 2. The zero-order chi connectivity index (χ0) is 23.1. The first kappa shape index (κ1) is 21.3. The Balaban J connectivity index is 1.49. The van der Waals surface area contributed by atoms with Crippen LogP contribution < -0.4 is 31.7 Å². The van der Waals surface area contributed by atoms with Crippen LogP contribution in [0, 0.1) is 5.82 Å². The highest BCUT2D eigenvalue weighted by Crippen LogP contribution is 2.31. The zero-order valence-corrected chi connectivity index (χ0v) is 18.4. The molecule has 1 aromatic heterocycles. The van der Waals surface area contributed by atoms with Gasteiger partial charge in [-0.25, -0.2) is 14.4 Å². The molecule has 3 N–H and O–H groups in total. The number of hydrogen-bond acceptors (Lipinski definition) is 8. The number of rotatable bonds is 5. The number of halogens is 2. The lowest BCUT2D eigenvalue weighted by atomic mass is 10.1. The van der Waals surface area contributed by atoms with Gasteiger partial charge in [-0.2, -0.15) is 0 Å². The molecule has 1 unspecified atom stereocenters. The number of aromatic nitrogens is 2. The van der Waals surface area contributed by atoms with Crippen LogP contribution in [0.15, 0.2) is 52.3 Å².